The molecule has 0 atom stereocenters. The van der Waals surface area contributed by atoms with Gasteiger partial charge in [-0.2, -0.15) is 0 Å². The minimum atomic E-state index is 0.634. The molecule has 0 aliphatic carbocycles. The summed E-state index contributed by atoms with van der Waals surface area (Å²) in [6.45, 7) is 0.634. The van der Waals surface area contributed by atoms with Crippen molar-refractivity contribution in [3.05, 3.63) is 41.9 Å². The van der Waals surface area contributed by atoms with E-state index in [-0.39, 0.29) is 0 Å². The fraction of sp³-hybridized carbons (Fsp3) is 0.0909. The van der Waals surface area contributed by atoms with Gasteiger partial charge in [0.15, 0.2) is 0 Å². The highest BCUT2D eigenvalue weighted by molar-refractivity contribution is 7.16. The van der Waals surface area contributed by atoms with Gasteiger partial charge in [0.1, 0.15) is 22.7 Å². The maximum Gasteiger partial charge on any atom is 0.138 e. The molecular formula is C11H9N3OS. The van der Waals surface area contributed by atoms with Crippen LogP contribution in [0.5, 0.6) is 0 Å². The Balaban J connectivity index is 1.86. The number of hydrogen-bond acceptors (Lipinski definition) is 5. The van der Waals surface area contributed by atoms with Gasteiger partial charge in [-0.25, -0.2) is 9.97 Å². The first kappa shape index (κ1) is 9.35. The van der Waals surface area contributed by atoms with Crippen LogP contribution in [-0.2, 0) is 6.54 Å². The summed E-state index contributed by atoms with van der Waals surface area (Å²) in [5.41, 5.74) is 0. The van der Waals surface area contributed by atoms with Crippen molar-refractivity contribution in [2.24, 2.45) is 0 Å². The Morgan fingerprint density at radius 2 is 2.31 bits per heavy atom. The molecule has 0 bridgehead atoms. The van der Waals surface area contributed by atoms with Gasteiger partial charge in [0.25, 0.3) is 0 Å². The van der Waals surface area contributed by atoms with Crippen molar-refractivity contribution >= 4 is 27.4 Å². The van der Waals surface area contributed by atoms with E-state index in [1.807, 2.05) is 23.6 Å². The van der Waals surface area contributed by atoms with Gasteiger partial charge >= 0.3 is 0 Å². The summed E-state index contributed by atoms with van der Waals surface area (Å²) >= 11 is 1.61. The van der Waals surface area contributed by atoms with E-state index in [0.29, 0.717) is 6.54 Å². The molecule has 3 rings (SSSR count). The summed E-state index contributed by atoms with van der Waals surface area (Å²) in [5, 5.41) is 6.30. The largest absolute Gasteiger partial charge is 0.467 e. The molecule has 4 nitrogen and oxygen atoms in total. The monoisotopic (exact) mass is 231 g/mol. The van der Waals surface area contributed by atoms with Crippen molar-refractivity contribution in [1.29, 1.82) is 0 Å². The minimum absolute atomic E-state index is 0.634. The second-order valence-corrected chi connectivity index (χ2v) is 4.19. The summed E-state index contributed by atoms with van der Waals surface area (Å²) in [6, 6.07) is 5.82. The van der Waals surface area contributed by atoms with Crippen molar-refractivity contribution in [1.82, 2.24) is 9.97 Å². The molecule has 3 heterocycles. The number of hydrogen-bond donors (Lipinski definition) is 1. The third-order valence-corrected chi connectivity index (χ3v) is 3.09. The quantitative estimate of drug-likeness (QED) is 0.753. The Morgan fingerprint density at radius 3 is 3.19 bits per heavy atom. The van der Waals surface area contributed by atoms with E-state index in [4.69, 9.17) is 4.42 Å². The predicted molar refractivity (Wildman–Crippen MR) is 63.4 cm³/mol. The van der Waals surface area contributed by atoms with Crippen LogP contribution < -0.4 is 5.32 Å². The number of nitrogens with one attached hydrogen (secondary N) is 1. The van der Waals surface area contributed by atoms with Gasteiger partial charge in [0.2, 0.25) is 0 Å². The number of rotatable bonds is 3. The van der Waals surface area contributed by atoms with Crippen LogP contribution in [0.25, 0.3) is 10.2 Å². The van der Waals surface area contributed by atoms with Crippen LogP contribution >= 0.6 is 11.3 Å². The van der Waals surface area contributed by atoms with Gasteiger partial charge in [-0.05, 0) is 23.6 Å². The number of thiophene rings is 1. The van der Waals surface area contributed by atoms with Crippen molar-refractivity contribution in [2.75, 3.05) is 5.32 Å². The number of furan rings is 1. The van der Waals surface area contributed by atoms with Crippen LogP contribution in [0.4, 0.5) is 5.82 Å². The zero-order valence-electron chi connectivity index (χ0n) is 8.38. The van der Waals surface area contributed by atoms with Gasteiger partial charge in [-0.15, -0.1) is 11.3 Å². The van der Waals surface area contributed by atoms with Crippen LogP contribution in [0.2, 0.25) is 0 Å². The maximum absolute atomic E-state index is 5.25. The highest BCUT2D eigenvalue weighted by Gasteiger charge is 2.04. The molecule has 0 saturated heterocycles. The fourth-order valence-electron chi connectivity index (χ4n) is 1.51. The Kier molecular flexibility index (Phi) is 2.30. The Bertz CT molecular complexity index is 588. The molecule has 16 heavy (non-hydrogen) atoms. The smallest absolute Gasteiger partial charge is 0.138 e. The molecule has 5 heteroatoms. The number of anilines is 1. The first-order chi connectivity index (χ1) is 7.93. The second kappa shape index (κ2) is 3.94. The SMILES string of the molecule is c1coc(CNc2ncnc3sccc23)c1. The lowest BCUT2D eigenvalue weighted by Gasteiger charge is -2.03. The van der Waals surface area contributed by atoms with E-state index in [2.05, 4.69) is 15.3 Å². The van der Waals surface area contributed by atoms with Crippen LogP contribution in [0, 0.1) is 0 Å². The molecule has 0 saturated carbocycles. The molecule has 0 aromatic carbocycles. The normalized spacial score (nSPS) is 10.8. The first-order valence-electron chi connectivity index (χ1n) is 4.88. The molecule has 0 spiro atoms. The van der Waals surface area contributed by atoms with E-state index in [9.17, 15) is 0 Å². The van der Waals surface area contributed by atoms with Crippen LogP contribution in [0.1, 0.15) is 5.76 Å². The van der Waals surface area contributed by atoms with E-state index in [0.717, 1.165) is 21.8 Å². The summed E-state index contributed by atoms with van der Waals surface area (Å²) in [6.07, 6.45) is 3.24. The summed E-state index contributed by atoms with van der Waals surface area (Å²) in [7, 11) is 0. The van der Waals surface area contributed by atoms with Gasteiger partial charge in [-0.1, -0.05) is 0 Å². The lowest BCUT2D eigenvalue weighted by atomic mass is 10.3. The minimum Gasteiger partial charge on any atom is -0.467 e. The fourth-order valence-corrected chi connectivity index (χ4v) is 2.25. The van der Waals surface area contributed by atoms with Crippen LogP contribution in [-0.4, -0.2) is 9.97 Å². The molecule has 80 valence electrons. The Labute approximate surface area is 96.0 Å². The average Bonchev–Trinajstić information content (AvgIpc) is 2.97. The molecule has 0 amide bonds. The standard InChI is InChI=1S/C11H9N3OS/c1-2-8(15-4-1)6-12-10-9-3-5-16-11(9)14-7-13-10/h1-5,7H,6H2,(H,12,13,14). The van der Waals surface area contributed by atoms with Crippen LogP contribution in [0.15, 0.2) is 40.6 Å². The Hall–Kier alpha value is -1.88. The van der Waals surface area contributed by atoms with Crippen molar-refractivity contribution in [3.8, 4) is 0 Å². The molecule has 0 radical (unpaired) electrons. The third-order valence-electron chi connectivity index (χ3n) is 2.27. The zero-order chi connectivity index (χ0) is 10.8. The van der Waals surface area contributed by atoms with Crippen molar-refractivity contribution in [2.45, 2.75) is 6.54 Å². The highest BCUT2D eigenvalue weighted by Crippen LogP contribution is 2.23. The van der Waals surface area contributed by atoms with Gasteiger partial charge in [0, 0.05) is 0 Å². The van der Waals surface area contributed by atoms with Crippen molar-refractivity contribution in [3.63, 3.8) is 0 Å². The average molecular weight is 231 g/mol. The highest BCUT2D eigenvalue weighted by atomic mass is 32.1. The molecule has 1 N–H and O–H groups in total. The predicted octanol–water partition coefficient (Wildman–Crippen LogP) is 2.90. The summed E-state index contributed by atoms with van der Waals surface area (Å²) in [5.74, 6) is 1.74. The van der Waals surface area contributed by atoms with Crippen LogP contribution in [0.3, 0.4) is 0 Å². The molecule has 0 unspecified atom stereocenters. The third kappa shape index (κ3) is 1.65. The molecule has 3 aromatic heterocycles. The summed E-state index contributed by atoms with van der Waals surface area (Å²) < 4.78 is 5.25. The van der Waals surface area contributed by atoms with E-state index < -0.39 is 0 Å². The number of fused-ring (bicyclic) bond motifs is 1. The molecule has 0 fully saturated rings. The van der Waals surface area contributed by atoms with E-state index in [1.165, 1.54) is 0 Å². The second-order valence-electron chi connectivity index (χ2n) is 3.29. The molecule has 3 aromatic rings. The van der Waals surface area contributed by atoms with Gasteiger partial charge in [-0.3, -0.25) is 0 Å². The zero-order valence-corrected chi connectivity index (χ0v) is 9.20. The Morgan fingerprint density at radius 1 is 1.31 bits per heavy atom. The maximum atomic E-state index is 5.25. The number of nitrogens with zero attached hydrogens (tertiary/aromatic N) is 2. The first-order valence-corrected chi connectivity index (χ1v) is 5.76. The lowest BCUT2D eigenvalue weighted by Crippen LogP contribution is -2.00. The topological polar surface area (TPSA) is 51.0 Å². The van der Waals surface area contributed by atoms with E-state index >= 15 is 0 Å². The molecule has 0 aliphatic heterocycles. The van der Waals surface area contributed by atoms with Crippen molar-refractivity contribution < 1.29 is 4.42 Å². The van der Waals surface area contributed by atoms with Gasteiger partial charge in [0.05, 0.1) is 18.2 Å². The van der Waals surface area contributed by atoms with Gasteiger partial charge < -0.3 is 9.73 Å². The summed E-state index contributed by atoms with van der Waals surface area (Å²) in [4.78, 5) is 9.41. The molecule has 0 aliphatic rings. The lowest BCUT2D eigenvalue weighted by molar-refractivity contribution is 0.518. The molecular weight excluding hydrogens is 222 g/mol. The van der Waals surface area contributed by atoms with E-state index in [1.54, 1.807) is 23.9 Å². The number of aromatic nitrogens is 2.